The zero-order valence-electron chi connectivity index (χ0n) is 10.1. The van der Waals surface area contributed by atoms with E-state index < -0.39 is 0 Å². The van der Waals surface area contributed by atoms with Crippen LogP contribution in [-0.2, 0) is 13.7 Å². The van der Waals surface area contributed by atoms with Crippen LogP contribution < -0.4 is 4.74 Å². The van der Waals surface area contributed by atoms with E-state index in [0.29, 0.717) is 22.9 Å². The number of nitrogens with zero attached hydrogens (tertiary/aromatic N) is 3. The summed E-state index contributed by atoms with van der Waals surface area (Å²) in [6, 6.07) is 9.01. The maximum absolute atomic E-state index is 8.69. The number of benzene rings is 1. The Bertz CT molecular complexity index is 596. The first-order chi connectivity index (χ1) is 8.61. The Morgan fingerprint density at radius 2 is 2.06 bits per heavy atom. The second-order valence-corrected chi connectivity index (χ2v) is 4.27. The van der Waals surface area contributed by atoms with E-state index >= 15 is 0 Å². The molecule has 0 amide bonds. The number of halogens is 1. The summed E-state index contributed by atoms with van der Waals surface area (Å²) in [5.74, 6) is 0.698. The fourth-order valence-corrected chi connectivity index (χ4v) is 1.83. The van der Waals surface area contributed by atoms with E-state index in [-0.39, 0.29) is 0 Å². The Kier molecular flexibility index (Phi) is 3.54. The van der Waals surface area contributed by atoms with Crippen molar-refractivity contribution in [2.45, 2.75) is 13.5 Å². The van der Waals surface area contributed by atoms with E-state index in [1.165, 1.54) is 0 Å². The van der Waals surface area contributed by atoms with Crippen molar-refractivity contribution < 1.29 is 4.74 Å². The Morgan fingerprint density at radius 1 is 1.39 bits per heavy atom. The monoisotopic (exact) mass is 261 g/mol. The van der Waals surface area contributed by atoms with Crippen molar-refractivity contribution in [1.29, 1.82) is 5.26 Å². The van der Waals surface area contributed by atoms with Gasteiger partial charge in [0.05, 0.1) is 28.0 Å². The molecule has 1 aromatic carbocycles. The predicted molar refractivity (Wildman–Crippen MR) is 68.4 cm³/mol. The maximum atomic E-state index is 8.69. The van der Waals surface area contributed by atoms with Crippen molar-refractivity contribution in [1.82, 2.24) is 9.78 Å². The van der Waals surface area contributed by atoms with Gasteiger partial charge in [-0.25, -0.2) is 0 Å². The van der Waals surface area contributed by atoms with E-state index in [2.05, 4.69) is 11.2 Å². The molecule has 0 N–H and O–H groups in total. The van der Waals surface area contributed by atoms with Gasteiger partial charge in [-0.3, -0.25) is 4.68 Å². The quantitative estimate of drug-likeness (QED) is 0.854. The van der Waals surface area contributed by atoms with Crippen LogP contribution in [0.15, 0.2) is 24.3 Å². The standard InChI is InChI=1S/C13H12ClN3O/c1-9-13(14)12(17(2)16-9)8-18-11-5-3-10(7-15)4-6-11/h3-6H,8H2,1-2H3. The number of aryl methyl sites for hydroxylation is 2. The normalized spacial score (nSPS) is 10.1. The van der Waals surface area contributed by atoms with Gasteiger partial charge in [-0.1, -0.05) is 11.6 Å². The minimum absolute atomic E-state index is 0.349. The third-order valence-electron chi connectivity index (χ3n) is 2.62. The summed E-state index contributed by atoms with van der Waals surface area (Å²) in [4.78, 5) is 0. The highest BCUT2D eigenvalue weighted by Crippen LogP contribution is 2.21. The predicted octanol–water partition coefficient (Wildman–Crippen LogP) is 2.83. The van der Waals surface area contributed by atoms with Crippen LogP contribution in [0.25, 0.3) is 0 Å². The van der Waals surface area contributed by atoms with Gasteiger partial charge in [0, 0.05) is 7.05 Å². The first kappa shape index (κ1) is 12.5. The lowest BCUT2D eigenvalue weighted by Gasteiger charge is -2.06. The molecule has 2 rings (SSSR count). The fourth-order valence-electron chi connectivity index (χ4n) is 1.61. The van der Waals surface area contributed by atoms with Crippen LogP contribution in [0, 0.1) is 18.3 Å². The summed E-state index contributed by atoms with van der Waals surface area (Å²) in [5.41, 5.74) is 2.23. The minimum atomic E-state index is 0.349. The Balaban J connectivity index is 2.09. The van der Waals surface area contributed by atoms with Crippen molar-refractivity contribution in [3.05, 3.63) is 46.2 Å². The molecule has 5 heteroatoms. The molecule has 2 aromatic rings. The number of rotatable bonds is 3. The molecule has 0 fully saturated rings. The Hall–Kier alpha value is -1.99. The molecular weight excluding hydrogens is 250 g/mol. The highest BCUT2D eigenvalue weighted by molar-refractivity contribution is 6.31. The van der Waals surface area contributed by atoms with Crippen molar-refractivity contribution in [3.8, 4) is 11.8 Å². The molecule has 18 heavy (non-hydrogen) atoms. The lowest BCUT2D eigenvalue weighted by Crippen LogP contribution is -2.03. The Morgan fingerprint density at radius 3 is 2.56 bits per heavy atom. The molecule has 1 aromatic heterocycles. The average molecular weight is 262 g/mol. The van der Waals surface area contributed by atoms with Gasteiger partial charge in [-0.15, -0.1) is 0 Å². The molecule has 0 spiro atoms. The van der Waals surface area contributed by atoms with Gasteiger partial charge in [0.15, 0.2) is 0 Å². The summed E-state index contributed by atoms with van der Waals surface area (Å²) < 4.78 is 7.32. The number of nitriles is 1. The molecule has 0 saturated heterocycles. The minimum Gasteiger partial charge on any atom is -0.487 e. The first-order valence-corrected chi connectivity index (χ1v) is 5.80. The van der Waals surface area contributed by atoms with Crippen LogP contribution in [-0.4, -0.2) is 9.78 Å². The van der Waals surface area contributed by atoms with Gasteiger partial charge >= 0.3 is 0 Å². The molecular formula is C13H12ClN3O. The van der Waals surface area contributed by atoms with Gasteiger partial charge in [0.1, 0.15) is 12.4 Å². The lowest BCUT2D eigenvalue weighted by molar-refractivity contribution is 0.295. The molecule has 0 radical (unpaired) electrons. The van der Waals surface area contributed by atoms with Crippen molar-refractivity contribution in [2.75, 3.05) is 0 Å². The zero-order chi connectivity index (χ0) is 13.1. The van der Waals surface area contributed by atoms with E-state index in [1.54, 1.807) is 28.9 Å². The molecule has 0 saturated carbocycles. The van der Waals surface area contributed by atoms with Gasteiger partial charge in [0.2, 0.25) is 0 Å². The fraction of sp³-hybridized carbons (Fsp3) is 0.231. The molecule has 0 aliphatic carbocycles. The Labute approximate surface area is 110 Å². The number of hydrogen-bond acceptors (Lipinski definition) is 3. The average Bonchev–Trinajstić information content (AvgIpc) is 2.62. The first-order valence-electron chi connectivity index (χ1n) is 5.42. The molecule has 0 bridgehead atoms. The zero-order valence-corrected chi connectivity index (χ0v) is 10.9. The molecule has 4 nitrogen and oxygen atoms in total. The second kappa shape index (κ2) is 5.11. The van der Waals surface area contributed by atoms with E-state index in [0.717, 1.165) is 11.4 Å². The van der Waals surface area contributed by atoms with Crippen LogP contribution in [0.1, 0.15) is 17.0 Å². The summed E-state index contributed by atoms with van der Waals surface area (Å²) in [6.45, 7) is 2.20. The second-order valence-electron chi connectivity index (χ2n) is 3.89. The van der Waals surface area contributed by atoms with E-state index in [9.17, 15) is 0 Å². The lowest BCUT2D eigenvalue weighted by atomic mass is 10.2. The third kappa shape index (κ3) is 2.47. The van der Waals surface area contributed by atoms with Gasteiger partial charge in [0.25, 0.3) is 0 Å². The molecule has 0 atom stereocenters. The van der Waals surface area contributed by atoms with Gasteiger partial charge < -0.3 is 4.74 Å². The third-order valence-corrected chi connectivity index (χ3v) is 3.11. The SMILES string of the molecule is Cc1nn(C)c(COc2ccc(C#N)cc2)c1Cl. The van der Waals surface area contributed by atoms with Crippen LogP contribution in [0.3, 0.4) is 0 Å². The van der Waals surface area contributed by atoms with E-state index in [1.807, 2.05) is 14.0 Å². The van der Waals surface area contributed by atoms with Crippen molar-refractivity contribution >= 4 is 11.6 Å². The van der Waals surface area contributed by atoms with Gasteiger partial charge in [-0.2, -0.15) is 10.4 Å². The van der Waals surface area contributed by atoms with E-state index in [4.69, 9.17) is 21.6 Å². The number of hydrogen-bond donors (Lipinski definition) is 0. The van der Waals surface area contributed by atoms with Crippen molar-refractivity contribution in [3.63, 3.8) is 0 Å². The summed E-state index contributed by atoms with van der Waals surface area (Å²) in [6.07, 6.45) is 0. The van der Waals surface area contributed by atoms with Crippen LogP contribution >= 0.6 is 11.6 Å². The van der Waals surface area contributed by atoms with Crippen LogP contribution in [0.5, 0.6) is 5.75 Å². The molecule has 1 heterocycles. The highest BCUT2D eigenvalue weighted by atomic mass is 35.5. The maximum Gasteiger partial charge on any atom is 0.131 e. The number of ether oxygens (including phenoxy) is 1. The summed E-state index contributed by atoms with van der Waals surface area (Å²) >= 11 is 6.12. The topological polar surface area (TPSA) is 50.8 Å². The molecule has 0 aliphatic rings. The summed E-state index contributed by atoms with van der Waals surface area (Å²) in [5, 5.41) is 13.5. The van der Waals surface area contributed by atoms with Crippen LogP contribution in [0.4, 0.5) is 0 Å². The molecule has 92 valence electrons. The smallest absolute Gasteiger partial charge is 0.131 e. The highest BCUT2D eigenvalue weighted by Gasteiger charge is 2.11. The van der Waals surface area contributed by atoms with Crippen LogP contribution in [0.2, 0.25) is 5.02 Å². The van der Waals surface area contributed by atoms with Gasteiger partial charge in [-0.05, 0) is 31.2 Å². The summed E-state index contributed by atoms with van der Waals surface area (Å²) in [7, 11) is 1.83. The molecule has 0 aliphatic heterocycles. The number of aromatic nitrogens is 2. The largest absolute Gasteiger partial charge is 0.487 e. The molecule has 0 unspecified atom stereocenters. The van der Waals surface area contributed by atoms with Crippen molar-refractivity contribution in [2.24, 2.45) is 7.05 Å².